The number of nitrogens with zero attached hydrogens (tertiary/aromatic N) is 2. The van der Waals surface area contributed by atoms with Crippen molar-refractivity contribution < 1.29 is 0 Å². The molecule has 0 spiro atoms. The normalized spacial score (nSPS) is 18.5. The van der Waals surface area contributed by atoms with Gasteiger partial charge in [-0.15, -0.1) is 11.3 Å². The Morgan fingerprint density at radius 2 is 2.12 bits per heavy atom. The van der Waals surface area contributed by atoms with Crippen LogP contribution in [-0.2, 0) is 6.42 Å². The lowest BCUT2D eigenvalue weighted by Crippen LogP contribution is -2.47. The summed E-state index contributed by atoms with van der Waals surface area (Å²) in [6, 6.07) is 0. The molecule has 1 saturated heterocycles. The van der Waals surface area contributed by atoms with E-state index in [4.69, 9.17) is 0 Å². The van der Waals surface area contributed by atoms with E-state index in [1.165, 1.54) is 24.6 Å². The van der Waals surface area contributed by atoms with Crippen LogP contribution in [0.4, 0.5) is 0 Å². The van der Waals surface area contributed by atoms with Crippen LogP contribution in [-0.4, -0.2) is 42.6 Å². The highest BCUT2D eigenvalue weighted by atomic mass is 32.1. The molecule has 1 fully saturated rings. The molecular weight excluding hydrogens is 230 g/mol. The average Bonchev–Trinajstić information content (AvgIpc) is 2.63. The molecule has 0 atom stereocenters. The van der Waals surface area contributed by atoms with Crippen molar-refractivity contribution in [2.24, 2.45) is 5.41 Å². The largest absolute Gasteiger partial charge is 0.314 e. The number of rotatable bonds is 4. The van der Waals surface area contributed by atoms with Crippen molar-refractivity contribution in [3.63, 3.8) is 0 Å². The third-order valence-corrected chi connectivity index (χ3v) is 4.12. The fourth-order valence-corrected chi connectivity index (χ4v) is 3.45. The SMILES string of the molecule is Cc1csc(CC(C)(C)CN2CCNCC2)n1. The molecule has 0 unspecified atom stereocenters. The monoisotopic (exact) mass is 253 g/mol. The maximum absolute atomic E-state index is 4.58. The predicted octanol–water partition coefficient (Wildman–Crippen LogP) is 1.93. The number of nitrogens with one attached hydrogen (secondary N) is 1. The smallest absolute Gasteiger partial charge is 0.0933 e. The van der Waals surface area contributed by atoms with Crippen LogP contribution in [0.15, 0.2) is 5.38 Å². The first-order valence-electron chi connectivity index (χ1n) is 6.39. The van der Waals surface area contributed by atoms with Crippen LogP contribution >= 0.6 is 11.3 Å². The van der Waals surface area contributed by atoms with E-state index in [2.05, 4.69) is 41.4 Å². The van der Waals surface area contributed by atoms with Gasteiger partial charge in [0.1, 0.15) is 0 Å². The number of thiazole rings is 1. The summed E-state index contributed by atoms with van der Waals surface area (Å²) >= 11 is 1.80. The Bertz CT molecular complexity index is 353. The minimum Gasteiger partial charge on any atom is -0.314 e. The van der Waals surface area contributed by atoms with Crippen molar-refractivity contribution in [2.75, 3.05) is 32.7 Å². The molecule has 0 amide bonds. The molecule has 17 heavy (non-hydrogen) atoms. The molecule has 1 aromatic rings. The topological polar surface area (TPSA) is 28.2 Å². The molecule has 2 heterocycles. The number of hydrogen-bond acceptors (Lipinski definition) is 4. The van der Waals surface area contributed by atoms with Gasteiger partial charge in [0.15, 0.2) is 0 Å². The Morgan fingerprint density at radius 3 is 2.71 bits per heavy atom. The van der Waals surface area contributed by atoms with Gasteiger partial charge in [-0.2, -0.15) is 0 Å². The van der Waals surface area contributed by atoms with Gasteiger partial charge < -0.3 is 10.2 Å². The van der Waals surface area contributed by atoms with Gasteiger partial charge >= 0.3 is 0 Å². The molecule has 3 nitrogen and oxygen atoms in total. The van der Waals surface area contributed by atoms with Crippen LogP contribution in [0.1, 0.15) is 24.5 Å². The quantitative estimate of drug-likeness (QED) is 0.888. The zero-order valence-corrected chi connectivity index (χ0v) is 11.9. The van der Waals surface area contributed by atoms with Crippen molar-refractivity contribution in [1.29, 1.82) is 0 Å². The summed E-state index contributed by atoms with van der Waals surface area (Å²) < 4.78 is 0. The molecule has 1 aliphatic heterocycles. The second kappa shape index (κ2) is 5.46. The minimum absolute atomic E-state index is 0.321. The first kappa shape index (κ1) is 13.0. The van der Waals surface area contributed by atoms with E-state index in [0.29, 0.717) is 5.41 Å². The lowest BCUT2D eigenvalue weighted by Gasteiger charge is -2.34. The summed E-state index contributed by atoms with van der Waals surface area (Å²) in [6.45, 7) is 12.6. The van der Waals surface area contributed by atoms with Gasteiger partial charge in [0.2, 0.25) is 0 Å². The first-order valence-corrected chi connectivity index (χ1v) is 7.27. The third-order valence-electron chi connectivity index (χ3n) is 3.16. The summed E-state index contributed by atoms with van der Waals surface area (Å²) in [5, 5.41) is 6.83. The number of piperazine rings is 1. The van der Waals surface area contributed by atoms with E-state index in [-0.39, 0.29) is 0 Å². The highest BCUT2D eigenvalue weighted by molar-refractivity contribution is 7.09. The number of aromatic nitrogens is 1. The summed E-state index contributed by atoms with van der Waals surface area (Å²) in [4.78, 5) is 7.14. The summed E-state index contributed by atoms with van der Waals surface area (Å²) in [5.74, 6) is 0. The van der Waals surface area contributed by atoms with Gasteiger partial charge in [-0.05, 0) is 12.3 Å². The Kier molecular flexibility index (Phi) is 4.17. The van der Waals surface area contributed by atoms with Crippen molar-refractivity contribution in [2.45, 2.75) is 27.2 Å². The van der Waals surface area contributed by atoms with Crippen LogP contribution < -0.4 is 5.32 Å². The Hall–Kier alpha value is -0.450. The molecule has 1 aromatic heterocycles. The second-order valence-electron chi connectivity index (χ2n) is 5.75. The average molecular weight is 253 g/mol. The molecule has 1 aliphatic rings. The minimum atomic E-state index is 0.321. The highest BCUT2D eigenvalue weighted by Gasteiger charge is 2.24. The van der Waals surface area contributed by atoms with Gasteiger partial charge in [-0.25, -0.2) is 4.98 Å². The van der Waals surface area contributed by atoms with E-state index in [0.717, 1.165) is 25.2 Å². The zero-order valence-electron chi connectivity index (χ0n) is 11.1. The Balaban J connectivity index is 1.88. The van der Waals surface area contributed by atoms with Gasteiger partial charge in [-0.1, -0.05) is 13.8 Å². The summed E-state index contributed by atoms with van der Waals surface area (Å²) in [6.07, 6.45) is 1.09. The molecule has 2 rings (SSSR count). The maximum Gasteiger partial charge on any atom is 0.0933 e. The first-order chi connectivity index (χ1) is 8.05. The maximum atomic E-state index is 4.58. The lowest BCUT2D eigenvalue weighted by molar-refractivity contribution is 0.160. The van der Waals surface area contributed by atoms with Crippen molar-refractivity contribution >= 4 is 11.3 Å². The highest BCUT2D eigenvalue weighted by Crippen LogP contribution is 2.25. The van der Waals surface area contributed by atoms with Gasteiger partial charge in [0.25, 0.3) is 0 Å². The van der Waals surface area contributed by atoms with E-state index in [1.807, 2.05) is 0 Å². The van der Waals surface area contributed by atoms with Crippen LogP contribution in [0.2, 0.25) is 0 Å². The molecule has 0 saturated carbocycles. The number of hydrogen-bond donors (Lipinski definition) is 1. The summed E-state index contributed by atoms with van der Waals surface area (Å²) in [7, 11) is 0. The van der Waals surface area contributed by atoms with E-state index in [9.17, 15) is 0 Å². The zero-order chi connectivity index (χ0) is 12.3. The van der Waals surface area contributed by atoms with Crippen molar-refractivity contribution in [1.82, 2.24) is 15.2 Å². The molecular formula is C13H23N3S. The molecule has 0 aromatic carbocycles. The third kappa shape index (κ3) is 4.05. The van der Waals surface area contributed by atoms with Crippen molar-refractivity contribution in [3.05, 3.63) is 16.1 Å². The molecule has 96 valence electrons. The molecule has 0 radical (unpaired) electrons. The fourth-order valence-electron chi connectivity index (χ4n) is 2.42. The van der Waals surface area contributed by atoms with Gasteiger partial charge in [-0.3, -0.25) is 0 Å². The van der Waals surface area contributed by atoms with Crippen LogP contribution in [0.5, 0.6) is 0 Å². The predicted molar refractivity (Wildman–Crippen MR) is 73.6 cm³/mol. The molecule has 0 bridgehead atoms. The standard InChI is InChI=1S/C13H23N3S/c1-11-9-17-12(15-11)8-13(2,3)10-16-6-4-14-5-7-16/h9,14H,4-8,10H2,1-3H3. The van der Waals surface area contributed by atoms with Gasteiger partial charge in [0, 0.05) is 50.2 Å². The lowest BCUT2D eigenvalue weighted by atomic mass is 9.88. The van der Waals surface area contributed by atoms with Crippen LogP contribution in [0, 0.1) is 12.3 Å². The molecule has 0 aliphatic carbocycles. The van der Waals surface area contributed by atoms with Gasteiger partial charge in [0.05, 0.1) is 5.01 Å². The second-order valence-corrected chi connectivity index (χ2v) is 6.69. The van der Waals surface area contributed by atoms with Crippen LogP contribution in [0.3, 0.4) is 0 Å². The fraction of sp³-hybridized carbons (Fsp3) is 0.769. The Labute approximate surface area is 108 Å². The number of aryl methyl sites for hydroxylation is 1. The van der Waals surface area contributed by atoms with E-state index < -0.39 is 0 Å². The Morgan fingerprint density at radius 1 is 1.41 bits per heavy atom. The van der Waals surface area contributed by atoms with Crippen LogP contribution in [0.25, 0.3) is 0 Å². The molecule has 1 N–H and O–H groups in total. The van der Waals surface area contributed by atoms with Crippen molar-refractivity contribution in [3.8, 4) is 0 Å². The van der Waals surface area contributed by atoms with E-state index >= 15 is 0 Å². The summed E-state index contributed by atoms with van der Waals surface area (Å²) in [5.41, 5.74) is 1.48. The molecule has 4 heteroatoms. The van der Waals surface area contributed by atoms with E-state index in [1.54, 1.807) is 11.3 Å².